The average Bonchev–Trinajstić information content (AvgIpc) is 2.77. The molecule has 7 nitrogen and oxygen atoms in total. The molecule has 0 amide bonds. The smallest absolute Gasteiger partial charge is 0.157 e. The van der Waals surface area contributed by atoms with E-state index >= 15 is 0 Å². The summed E-state index contributed by atoms with van der Waals surface area (Å²) in [6, 6.07) is 5.68. The molecule has 0 radical (unpaired) electrons. The molecule has 2 atom stereocenters. The van der Waals surface area contributed by atoms with Crippen molar-refractivity contribution in [2.45, 2.75) is 83.1 Å². The number of hydrogen-bond acceptors (Lipinski definition) is 7. The van der Waals surface area contributed by atoms with E-state index in [0.29, 0.717) is 18.9 Å². The second-order valence-corrected chi connectivity index (χ2v) is 8.40. The van der Waals surface area contributed by atoms with Crippen LogP contribution in [0.3, 0.4) is 0 Å². The van der Waals surface area contributed by atoms with Gasteiger partial charge in [-0.15, -0.1) is 0 Å². The summed E-state index contributed by atoms with van der Waals surface area (Å²) in [6.07, 6.45) is 6.06. The Morgan fingerprint density at radius 3 is 2.21 bits per heavy atom. The molecule has 1 aromatic heterocycles. The lowest BCUT2D eigenvalue weighted by molar-refractivity contribution is -0.186. The van der Waals surface area contributed by atoms with E-state index in [-0.39, 0.29) is 25.2 Å². The molecule has 29 heavy (non-hydrogen) atoms. The number of nitrogens with one attached hydrogen (secondary N) is 1. The van der Waals surface area contributed by atoms with Crippen LogP contribution in [0.2, 0.25) is 0 Å². The summed E-state index contributed by atoms with van der Waals surface area (Å²) in [5, 5.41) is 13.1. The van der Waals surface area contributed by atoms with Gasteiger partial charge in [-0.3, -0.25) is 10.3 Å². The quantitative estimate of drug-likeness (QED) is 0.616. The van der Waals surface area contributed by atoms with E-state index in [0.717, 1.165) is 57.4 Å². The van der Waals surface area contributed by atoms with Crippen LogP contribution >= 0.6 is 0 Å². The average molecular weight is 409 g/mol. The van der Waals surface area contributed by atoms with Crippen molar-refractivity contribution in [3.05, 3.63) is 29.6 Å². The Labute approximate surface area is 174 Å². The first-order valence-electron chi connectivity index (χ1n) is 10.9. The van der Waals surface area contributed by atoms with Crippen LogP contribution < -0.4 is 5.32 Å². The summed E-state index contributed by atoms with van der Waals surface area (Å²) < 4.78 is 23.5. The largest absolute Gasteiger partial charge is 0.390 e. The molecule has 0 aromatic carbocycles. The van der Waals surface area contributed by atoms with Crippen LogP contribution in [-0.4, -0.2) is 55.1 Å². The minimum Gasteiger partial charge on any atom is -0.390 e. The van der Waals surface area contributed by atoms with E-state index in [1.54, 1.807) is 0 Å². The Hall–Kier alpha value is -1.09. The summed E-state index contributed by atoms with van der Waals surface area (Å²) in [4.78, 5) is 4.57. The van der Waals surface area contributed by atoms with Gasteiger partial charge in [-0.05, 0) is 64.5 Å². The molecule has 2 aliphatic heterocycles. The molecule has 164 valence electrons. The summed E-state index contributed by atoms with van der Waals surface area (Å²) >= 11 is 0. The standard InChI is InChI=1S/C22H36N2O5/c1-22(2,19-9-7-8-17(14-25)23-19)24-18(15-28-20-10-3-5-12-26-20)16-29-21-11-4-6-13-27-21/h7-9,18,20-21,24-25H,3-6,10-16H2,1-2H3. The predicted octanol–water partition coefficient (Wildman–Crippen LogP) is 2.85. The lowest BCUT2D eigenvalue weighted by atomic mass is 9.98. The zero-order valence-electron chi connectivity index (χ0n) is 17.8. The van der Waals surface area contributed by atoms with Crippen molar-refractivity contribution < 1.29 is 24.1 Å². The number of aliphatic hydroxyl groups excluding tert-OH is 1. The van der Waals surface area contributed by atoms with Crippen LogP contribution in [-0.2, 0) is 31.1 Å². The number of hydrogen-bond donors (Lipinski definition) is 2. The predicted molar refractivity (Wildman–Crippen MR) is 109 cm³/mol. The highest BCUT2D eigenvalue weighted by Crippen LogP contribution is 2.21. The van der Waals surface area contributed by atoms with Gasteiger partial charge in [0.05, 0.1) is 42.8 Å². The number of ether oxygens (including phenoxy) is 4. The van der Waals surface area contributed by atoms with Gasteiger partial charge in [0.25, 0.3) is 0 Å². The van der Waals surface area contributed by atoms with Gasteiger partial charge in [-0.2, -0.15) is 0 Å². The van der Waals surface area contributed by atoms with E-state index in [1.165, 1.54) is 0 Å². The van der Waals surface area contributed by atoms with E-state index in [1.807, 2.05) is 18.2 Å². The van der Waals surface area contributed by atoms with Gasteiger partial charge in [0.15, 0.2) is 12.6 Å². The number of aliphatic hydroxyl groups is 1. The van der Waals surface area contributed by atoms with Crippen molar-refractivity contribution in [1.29, 1.82) is 0 Å². The molecule has 3 heterocycles. The SMILES string of the molecule is CC(C)(NC(COC1CCCCO1)COC1CCCCO1)c1cccc(CO)n1. The number of nitrogens with zero attached hydrogens (tertiary/aromatic N) is 1. The Morgan fingerprint density at radius 2 is 1.69 bits per heavy atom. The molecule has 2 fully saturated rings. The van der Waals surface area contributed by atoms with E-state index < -0.39 is 5.54 Å². The number of pyridine rings is 1. The lowest BCUT2D eigenvalue weighted by Crippen LogP contribution is -2.50. The maximum Gasteiger partial charge on any atom is 0.157 e. The highest BCUT2D eigenvalue weighted by atomic mass is 16.7. The molecule has 0 saturated carbocycles. The zero-order valence-corrected chi connectivity index (χ0v) is 17.8. The first kappa shape index (κ1) is 22.6. The Balaban J connectivity index is 1.61. The molecule has 2 unspecified atom stereocenters. The molecule has 7 heteroatoms. The van der Waals surface area contributed by atoms with Crippen LogP contribution in [0.15, 0.2) is 18.2 Å². The molecular formula is C22H36N2O5. The number of aromatic nitrogens is 1. The molecule has 1 aromatic rings. The third-order valence-electron chi connectivity index (χ3n) is 5.42. The van der Waals surface area contributed by atoms with Crippen molar-refractivity contribution in [1.82, 2.24) is 10.3 Å². The molecule has 0 aliphatic carbocycles. The fourth-order valence-corrected chi connectivity index (χ4v) is 3.76. The van der Waals surface area contributed by atoms with Gasteiger partial charge >= 0.3 is 0 Å². The molecule has 2 N–H and O–H groups in total. The number of rotatable bonds is 10. The minimum absolute atomic E-state index is 0.0411. The Kier molecular flexibility index (Phi) is 8.84. The van der Waals surface area contributed by atoms with Gasteiger partial charge < -0.3 is 24.1 Å². The fraction of sp³-hybridized carbons (Fsp3) is 0.773. The highest BCUT2D eigenvalue weighted by Gasteiger charge is 2.28. The molecule has 0 spiro atoms. The topological polar surface area (TPSA) is 82.1 Å². The van der Waals surface area contributed by atoms with Crippen LogP contribution in [0.4, 0.5) is 0 Å². The van der Waals surface area contributed by atoms with E-state index in [9.17, 15) is 5.11 Å². The fourth-order valence-electron chi connectivity index (χ4n) is 3.76. The maximum absolute atomic E-state index is 9.42. The van der Waals surface area contributed by atoms with Crippen LogP contribution in [0.25, 0.3) is 0 Å². The van der Waals surface area contributed by atoms with Gasteiger partial charge in [-0.1, -0.05) is 6.07 Å². The van der Waals surface area contributed by atoms with E-state index in [4.69, 9.17) is 18.9 Å². The second-order valence-electron chi connectivity index (χ2n) is 8.40. The van der Waals surface area contributed by atoms with Gasteiger partial charge in [0.2, 0.25) is 0 Å². The normalized spacial score (nSPS) is 24.4. The molecular weight excluding hydrogens is 372 g/mol. The summed E-state index contributed by atoms with van der Waals surface area (Å²) in [5.74, 6) is 0. The zero-order chi connectivity index (χ0) is 20.5. The van der Waals surface area contributed by atoms with Gasteiger partial charge in [0.1, 0.15) is 0 Å². The van der Waals surface area contributed by atoms with Crippen molar-refractivity contribution in [3.8, 4) is 0 Å². The Morgan fingerprint density at radius 1 is 1.07 bits per heavy atom. The minimum atomic E-state index is -0.413. The summed E-state index contributed by atoms with van der Waals surface area (Å²) in [5.41, 5.74) is 1.12. The monoisotopic (exact) mass is 408 g/mol. The van der Waals surface area contributed by atoms with E-state index in [2.05, 4.69) is 24.1 Å². The third kappa shape index (κ3) is 7.27. The Bertz CT molecular complexity index is 579. The first-order chi connectivity index (χ1) is 14.1. The van der Waals surface area contributed by atoms with Gasteiger partial charge in [-0.25, -0.2) is 0 Å². The van der Waals surface area contributed by atoms with Crippen LogP contribution in [0.1, 0.15) is 63.8 Å². The molecule has 2 saturated heterocycles. The van der Waals surface area contributed by atoms with Crippen LogP contribution in [0.5, 0.6) is 0 Å². The summed E-state index contributed by atoms with van der Waals surface area (Å²) in [6.45, 7) is 6.59. The van der Waals surface area contributed by atoms with Gasteiger partial charge in [0, 0.05) is 13.2 Å². The van der Waals surface area contributed by atoms with Crippen molar-refractivity contribution in [2.24, 2.45) is 0 Å². The highest BCUT2D eigenvalue weighted by molar-refractivity contribution is 5.17. The molecule has 0 bridgehead atoms. The van der Waals surface area contributed by atoms with Crippen molar-refractivity contribution in [2.75, 3.05) is 26.4 Å². The first-order valence-corrected chi connectivity index (χ1v) is 10.9. The maximum atomic E-state index is 9.42. The molecule has 3 rings (SSSR count). The lowest BCUT2D eigenvalue weighted by Gasteiger charge is -2.34. The second kappa shape index (κ2) is 11.3. The molecule has 2 aliphatic rings. The van der Waals surface area contributed by atoms with Crippen molar-refractivity contribution in [3.63, 3.8) is 0 Å². The van der Waals surface area contributed by atoms with Crippen LogP contribution in [0, 0.1) is 0 Å². The van der Waals surface area contributed by atoms with Crippen molar-refractivity contribution >= 4 is 0 Å². The third-order valence-corrected chi connectivity index (χ3v) is 5.42. The summed E-state index contributed by atoms with van der Waals surface area (Å²) in [7, 11) is 0.